The average molecular weight is 385 g/mol. The summed E-state index contributed by atoms with van der Waals surface area (Å²) in [6.45, 7) is 7.71. The lowest BCUT2D eigenvalue weighted by molar-refractivity contribution is -0.114. The van der Waals surface area contributed by atoms with Gasteiger partial charge in [-0.25, -0.2) is 9.78 Å². The van der Waals surface area contributed by atoms with Crippen LogP contribution in [0.5, 0.6) is 5.75 Å². The highest BCUT2D eigenvalue weighted by Crippen LogP contribution is 2.27. The molecular weight excluding hydrogens is 358 g/mol. The van der Waals surface area contributed by atoms with Crippen LogP contribution in [0.25, 0.3) is 11.1 Å². The Balaban J connectivity index is 2.11. The van der Waals surface area contributed by atoms with E-state index in [1.165, 1.54) is 6.92 Å². The molecule has 2 aromatic rings. The lowest BCUT2D eigenvalue weighted by Gasteiger charge is -2.20. The van der Waals surface area contributed by atoms with Crippen molar-refractivity contribution in [2.24, 2.45) is 11.7 Å². The summed E-state index contributed by atoms with van der Waals surface area (Å²) in [6, 6.07) is 9.49. The topological polar surface area (TPSA) is 104 Å². The van der Waals surface area contributed by atoms with Crippen molar-refractivity contribution in [3.05, 3.63) is 42.1 Å². The molecule has 0 aliphatic rings. The van der Waals surface area contributed by atoms with Gasteiger partial charge in [-0.05, 0) is 60.2 Å². The molecule has 2 rings (SSSR count). The fourth-order valence-corrected chi connectivity index (χ4v) is 2.87. The first-order chi connectivity index (χ1) is 13.2. The minimum atomic E-state index is -0.797. The predicted molar refractivity (Wildman–Crippen MR) is 108 cm³/mol. The van der Waals surface area contributed by atoms with E-state index in [-0.39, 0.29) is 12.5 Å². The molecule has 0 bridgehead atoms. The number of primary amides is 1. The quantitative estimate of drug-likeness (QED) is 0.717. The molecule has 1 aromatic carbocycles. The number of amides is 2. The predicted octanol–water partition coefficient (Wildman–Crippen LogP) is 3.90. The van der Waals surface area contributed by atoms with Gasteiger partial charge in [0.25, 0.3) is 0 Å². The maximum absolute atomic E-state index is 11.2. The van der Waals surface area contributed by atoms with Crippen LogP contribution < -0.4 is 15.8 Å². The minimum absolute atomic E-state index is 0.168. The van der Waals surface area contributed by atoms with Crippen LogP contribution >= 0.6 is 0 Å². The standard InChI is InChI=1S/C21H27N3O4/c1-13(2)9-18(28-21(22)26)12-27-19-6-5-16(10-14(19)3)17-7-8-23-20(11-17)24-15(4)25/h5-8,10-11,13,18H,9,12H2,1-4H3,(H2,22,26)(H,23,24,25)/t18-/m0/s1. The number of aromatic nitrogens is 1. The molecule has 2 amide bonds. The largest absolute Gasteiger partial charge is 0.489 e. The second-order valence-electron chi connectivity index (χ2n) is 7.09. The summed E-state index contributed by atoms with van der Waals surface area (Å²) >= 11 is 0. The van der Waals surface area contributed by atoms with Crippen LogP contribution in [0, 0.1) is 12.8 Å². The van der Waals surface area contributed by atoms with Gasteiger partial charge in [-0.2, -0.15) is 0 Å². The highest BCUT2D eigenvalue weighted by molar-refractivity contribution is 5.88. The number of nitrogens with two attached hydrogens (primary N) is 1. The summed E-state index contributed by atoms with van der Waals surface area (Å²) in [5.41, 5.74) is 8.00. The smallest absolute Gasteiger partial charge is 0.404 e. The van der Waals surface area contributed by atoms with Crippen LogP contribution in [0.4, 0.5) is 10.6 Å². The number of carbonyl (C=O) groups is 2. The van der Waals surface area contributed by atoms with Gasteiger partial charge in [0.1, 0.15) is 24.3 Å². The number of carbonyl (C=O) groups excluding carboxylic acids is 2. The number of hydrogen-bond acceptors (Lipinski definition) is 5. The van der Waals surface area contributed by atoms with Gasteiger partial charge in [0.15, 0.2) is 0 Å². The van der Waals surface area contributed by atoms with Crippen molar-refractivity contribution in [3.63, 3.8) is 0 Å². The van der Waals surface area contributed by atoms with Crippen LogP contribution in [0.3, 0.4) is 0 Å². The van der Waals surface area contributed by atoms with Crippen molar-refractivity contribution >= 4 is 17.8 Å². The van der Waals surface area contributed by atoms with E-state index < -0.39 is 12.2 Å². The third-order valence-corrected chi connectivity index (χ3v) is 4.01. The number of aryl methyl sites for hydroxylation is 1. The Hall–Kier alpha value is -3.09. The van der Waals surface area contributed by atoms with E-state index >= 15 is 0 Å². The monoisotopic (exact) mass is 385 g/mol. The maximum atomic E-state index is 11.2. The van der Waals surface area contributed by atoms with Crippen LogP contribution in [0.1, 0.15) is 32.8 Å². The molecule has 28 heavy (non-hydrogen) atoms. The summed E-state index contributed by atoms with van der Waals surface area (Å²) in [4.78, 5) is 26.4. The van der Waals surface area contributed by atoms with Gasteiger partial charge >= 0.3 is 6.09 Å². The Bertz CT molecular complexity index is 836. The Kier molecular flexibility index (Phi) is 7.37. The number of benzene rings is 1. The van der Waals surface area contributed by atoms with Gasteiger partial charge in [-0.15, -0.1) is 0 Å². The number of nitrogens with one attached hydrogen (secondary N) is 1. The van der Waals surface area contributed by atoms with Gasteiger partial charge < -0.3 is 20.5 Å². The molecule has 0 saturated heterocycles. The molecule has 1 heterocycles. The molecule has 150 valence electrons. The van der Waals surface area contributed by atoms with Crippen molar-refractivity contribution in [3.8, 4) is 16.9 Å². The van der Waals surface area contributed by atoms with Gasteiger partial charge in [0.2, 0.25) is 5.91 Å². The lowest BCUT2D eigenvalue weighted by atomic mass is 10.0. The van der Waals surface area contributed by atoms with Crippen molar-refractivity contribution in [1.29, 1.82) is 0 Å². The average Bonchev–Trinajstić information content (AvgIpc) is 2.59. The number of pyridine rings is 1. The Morgan fingerprint density at radius 2 is 1.89 bits per heavy atom. The molecule has 7 nitrogen and oxygen atoms in total. The van der Waals surface area contributed by atoms with Gasteiger partial charge in [0.05, 0.1) is 0 Å². The summed E-state index contributed by atoms with van der Waals surface area (Å²) in [7, 11) is 0. The zero-order valence-electron chi connectivity index (χ0n) is 16.7. The molecule has 1 atom stereocenters. The van der Waals surface area contributed by atoms with E-state index in [0.717, 1.165) is 16.7 Å². The number of nitrogens with zero attached hydrogens (tertiary/aromatic N) is 1. The number of hydrogen-bond donors (Lipinski definition) is 2. The van der Waals surface area contributed by atoms with E-state index in [1.807, 2.05) is 51.1 Å². The first-order valence-corrected chi connectivity index (χ1v) is 9.18. The fourth-order valence-electron chi connectivity index (χ4n) is 2.87. The molecule has 0 unspecified atom stereocenters. The summed E-state index contributed by atoms with van der Waals surface area (Å²) in [5, 5.41) is 2.68. The molecular formula is C21H27N3O4. The van der Waals surface area contributed by atoms with Crippen molar-refractivity contribution in [2.75, 3.05) is 11.9 Å². The lowest BCUT2D eigenvalue weighted by Crippen LogP contribution is -2.29. The summed E-state index contributed by atoms with van der Waals surface area (Å²) in [5.74, 6) is 1.39. The van der Waals surface area contributed by atoms with E-state index in [2.05, 4.69) is 10.3 Å². The first kappa shape index (κ1) is 21.2. The highest BCUT2D eigenvalue weighted by Gasteiger charge is 2.16. The van der Waals surface area contributed by atoms with Crippen LogP contribution in [0.2, 0.25) is 0 Å². The highest BCUT2D eigenvalue weighted by atomic mass is 16.6. The molecule has 0 aliphatic heterocycles. The second kappa shape index (κ2) is 9.73. The fraction of sp³-hybridized carbons (Fsp3) is 0.381. The van der Waals surface area contributed by atoms with E-state index in [0.29, 0.717) is 23.9 Å². The van der Waals surface area contributed by atoms with Crippen LogP contribution in [-0.2, 0) is 9.53 Å². The third-order valence-electron chi connectivity index (χ3n) is 4.01. The molecule has 1 aromatic heterocycles. The Morgan fingerprint density at radius 3 is 2.50 bits per heavy atom. The number of rotatable bonds is 8. The zero-order valence-corrected chi connectivity index (χ0v) is 16.7. The molecule has 0 fully saturated rings. The normalized spacial score (nSPS) is 11.8. The molecule has 0 radical (unpaired) electrons. The molecule has 3 N–H and O–H groups in total. The van der Waals surface area contributed by atoms with E-state index in [9.17, 15) is 9.59 Å². The second-order valence-corrected chi connectivity index (χ2v) is 7.09. The van der Waals surface area contributed by atoms with Crippen LogP contribution in [0.15, 0.2) is 36.5 Å². The van der Waals surface area contributed by atoms with E-state index in [1.54, 1.807) is 6.20 Å². The number of anilines is 1. The molecule has 7 heteroatoms. The zero-order chi connectivity index (χ0) is 20.7. The maximum Gasteiger partial charge on any atom is 0.404 e. The van der Waals surface area contributed by atoms with Gasteiger partial charge in [-0.1, -0.05) is 19.9 Å². The SMILES string of the molecule is CC(=O)Nc1cc(-c2ccc(OC[C@H](CC(C)C)OC(N)=O)c(C)c2)ccn1. The third kappa shape index (κ3) is 6.57. The summed E-state index contributed by atoms with van der Waals surface area (Å²) < 4.78 is 11.0. The van der Waals surface area contributed by atoms with Crippen molar-refractivity contribution in [1.82, 2.24) is 4.98 Å². The van der Waals surface area contributed by atoms with E-state index in [4.69, 9.17) is 15.2 Å². The molecule has 0 saturated carbocycles. The van der Waals surface area contributed by atoms with Crippen molar-refractivity contribution in [2.45, 2.75) is 40.2 Å². The first-order valence-electron chi connectivity index (χ1n) is 9.18. The summed E-state index contributed by atoms with van der Waals surface area (Å²) in [6.07, 6.45) is 1.13. The number of ether oxygens (including phenoxy) is 2. The minimum Gasteiger partial charge on any atom is -0.489 e. The Labute approximate surface area is 165 Å². The van der Waals surface area contributed by atoms with Gasteiger partial charge in [-0.3, -0.25) is 4.79 Å². The van der Waals surface area contributed by atoms with Crippen LogP contribution in [-0.4, -0.2) is 29.7 Å². The molecule has 0 spiro atoms. The van der Waals surface area contributed by atoms with Crippen molar-refractivity contribution < 1.29 is 19.1 Å². The molecule has 0 aliphatic carbocycles. The Morgan fingerprint density at radius 1 is 1.18 bits per heavy atom. The van der Waals surface area contributed by atoms with Gasteiger partial charge in [0, 0.05) is 13.1 Å².